The van der Waals surface area contributed by atoms with Crippen molar-refractivity contribution in [3.05, 3.63) is 18.7 Å². The van der Waals surface area contributed by atoms with Gasteiger partial charge in [0, 0.05) is 37.9 Å². The number of aryl methyl sites for hydroxylation is 1. The van der Waals surface area contributed by atoms with Gasteiger partial charge in [-0.15, -0.1) is 0 Å². The number of amides is 1. The van der Waals surface area contributed by atoms with Crippen molar-refractivity contribution in [2.24, 2.45) is 5.73 Å². The lowest BCUT2D eigenvalue weighted by molar-refractivity contribution is -0.121. The van der Waals surface area contributed by atoms with Crippen LogP contribution in [0.4, 0.5) is 0 Å². The standard InChI is InChI=1S/C10H18N4O/c1-9(11)2-4-13-10(15)3-6-14-7-5-12-8-14/h5,7-9H,2-4,6,11H2,1H3,(H,13,15). The Hall–Kier alpha value is -1.36. The summed E-state index contributed by atoms with van der Waals surface area (Å²) in [6.45, 7) is 3.25. The fourth-order valence-corrected chi connectivity index (χ4v) is 1.18. The molecule has 1 atom stereocenters. The number of rotatable bonds is 6. The molecular weight excluding hydrogens is 192 g/mol. The fraction of sp³-hybridized carbons (Fsp3) is 0.600. The summed E-state index contributed by atoms with van der Waals surface area (Å²) >= 11 is 0. The summed E-state index contributed by atoms with van der Waals surface area (Å²) < 4.78 is 1.88. The van der Waals surface area contributed by atoms with E-state index in [-0.39, 0.29) is 11.9 Å². The first-order chi connectivity index (χ1) is 7.18. The van der Waals surface area contributed by atoms with Gasteiger partial charge in [0.1, 0.15) is 0 Å². The van der Waals surface area contributed by atoms with Gasteiger partial charge in [-0.05, 0) is 13.3 Å². The number of carbonyl (C=O) groups is 1. The van der Waals surface area contributed by atoms with Gasteiger partial charge in [0.2, 0.25) is 5.91 Å². The molecule has 0 spiro atoms. The van der Waals surface area contributed by atoms with E-state index in [1.807, 2.05) is 17.7 Å². The highest BCUT2D eigenvalue weighted by molar-refractivity contribution is 5.75. The Morgan fingerprint density at radius 2 is 2.47 bits per heavy atom. The monoisotopic (exact) mass is 210 g/mol. The zero-order valence-electron chi connectivity index (χ0n) is 9.02. The third-order valence-corrected chi connectivity index (χ3v) is 2.08. The van der Waals surface area contributed by atoms with E-state index in [2.05, 4.69) is 10.3 Å². The number of nitrogens with zero attached hydrogens (tertiary/aromatic N) is 2. The number of hydrogen-bond acceptors (Lipinski definition) is 3. The third-order valence-electron chi connectivity index (χ3n) is 2.08. The lowest BCUT2D eigenvalue weighted by Crippen LogP contribution is -2.29. The molecule has 0 aliphatic carbocycles. The summed E-state index contributed by atoms with van der Waals surface area (Å²) in [6, 6.07) is 0.138. The summed E-state index contributed by atoms with van der Waals surface area (Å²) in [5.41, 5.74) is 5.57. The van der Waals surface area contributed by atoms with Crippen LogP contribution in [0.25, 0.3) is 0 Å². The fourth-order valence-electron chi connectivity index (χ4n) is 1.18. The predicted octanol–water partition coefficient (Wildman–Crippen LogP) is 0.127. The Morgan fingerprint density at radius 1 is 1.67 bits per heavy atom. The Balaban J connectivity index is 2.09. The number of nitrogens with one attached hydrogen (secondary N) is 1. The molecule has 5 heteroatoms. The molecule has 1 aromatic heterocycles. The van der Waals surface area contributed by atoms with Crippen molar-refractivity contribution in [2.75, 3.05) is 6.54 Å². The molecule has 84 valence electrons. The van der Waals surface area contributed by atoms with Crippen LogP contribution in [-0.2, 0) is 11.3 Å². The second kappa shape index (κ2) is 6.19. The van der Waals surface area contributed by atoms with Gasteiger partial charge < -0.3 is 15.6 Å². The van der Waals surface area contributed by atoms with Crippen molar-refractivity contribution < 1.29 is 4.79 Å². The minimum atomic E-state index is 0.0596. The van der Waals surface area contributed by atoms with Crippen LogP contribution in [0.5, 0.6) is 0 Å². The van der Waals surface area contributed by atoms with E-state index < -0.39 is 0 Å². The lowest BCUT2D eigenvalue weighted by atomic mass is 10.2. The Kier molecular flexibility index (Phi) is 4.83. The quantitative estimate of drug-likeness (QED) is 0.700. The molecule has 3 N–H and O–H groups in total. The largest absolute Gasteiger partial charge is 0.356 e. The maximum atomic E-state index is 11.3. The lowest BCUT2D eigenvalue weighted by Gasteiger charge is -2.07. The topological polar surface area (TPSA) is 72.9 Å². The molecule has 5 nitrogen and oxygen atoms in total. The molecule has 1 heterocycles. The van der Waals surface area contributed by atoms with Crippen LogP contribution in [0.15, 0.2) is 18.7 Å². The molecule has 0 aliphatic rings. The Bertz CT molecular complexity index is 282. The van der Waals surface area contributed by atoms with Crippen LogP contribution < -0.4 is 11.1 Å². The number of imidazole rings is 1. The summed E-state index contributed by atoms with van der Waals surface area (Å²) in [4.78, 5) is 15.2. The van der Waals surface area contributed by atoms with Crippen molar-refractivity contribution in [3.8, 4) is 0 Å². The number of hydrogen-bond donors (Lipinski definition) is 2. The van der Waals surface area contributed by atoms with Gasteiger partial charge >= 0.3 is 0 Å². The maximum Gasteiger partial charge on any atom is 0.221 e. The van der Waals surface area contributed by atoms with E-state index in [1.54, 1.807) is 12.5 Å². The van der Waals surface area contributed by atoms with Gasteiger partial charge in [-0.1, -0.05) is 0 Å². The van der Waals surface area contributed by atoms with Crippen molar-refractivity contribution in [1.29, 1.82) is 0 Å². The predicted molar refractivity (Wildman–Crippen MR) is 58.1 cm³/mol. The molecule has 1 aromatic rings. The average molecular weight is 210 g/mol. The summed E-state index contributed by atoms with van der Waals surface area (Å²) in [7, 11) is 0. The first-order valence-electron chi connectivity index (χ1n) is 5.16. The minimum Gasteiger partial charge on any atom is -0.356 e. The van der Waals surface area contributed by atoms with Gasteiger partial charge in [-0.3, -0.25) is 4.79 Å². The molecule has 0 radical (unpaired) electrons. The van der Waals surface area contributed by atoms with Crippen LogP contribution in [0, 0.1) is 0 Å². The zero-order chi connectivity index (χ0) is 11.1. The summed E-state index contributed by atoms with van der Waals surface area (Å²) in [5, 5.41) is 2.82. The highest BCUT2D eigenvalue weighted by atomic mass is 16.1. The SMILES string of the molecule is CC(N)CCNC(=O)CCn1ccnc1. The molecular formula is C10H18N4O. The van der Waals surface area contributed by atoms with Gasteiger partial charge in [-0.2, -0.15) is 0 Å². The molecule has 0 saturated carbocycles. The number of nitrogens with two attached hydrogens (primary N) is 1. The molecule has 0 saturated heterocycles. The number of carbonyl (C=O) groups excluding carboxylic acids is 1. The molecule has 0 aliphatic heterocycles. The smallest absolute Gasteiger partial charge is 0.221 e. The molecule has 1 unspecified atom stereocenters. The van der Waals surface area contributed by atoms with E-state index in [1.165, 1.54) is 0 Å². The molecule has 1 amide bonds. The van der Waals surface area contributed by atoms with Crippen LogP contribution >= 0.6 is 0 Å². The van der Waals surface area contributed by atoms with Crippen molar-refractivity contribution in [1.82, 2.24) is 14.9 Å². The van der Waals surface area contributed by atoms with Gasteiger partial charge in [0.15, 0.2) is 0 Å². The Morgan fingerprint density at radius 3 is 3.07 bits per heavy atom. The van der Waals surface area contributed by atoms with Crippen LogP contribution in [0.3, 0.4) is 0 Å². The molecule has 0 bridgehead atoms. The van der Waals surface area contributed by atoms with E-state index >= 15 is 0 Å². The second-order valence-corrected chi connectivity index (χ2v) is 3.67. The van der Waals surface area contributed by atoms with Crippen molar-refractivity contribution in [3.63, 3.8) is 0 Å². The third kappa shape index (κ3) is 5.17. The molecule has 15 heavy (non-hydrogen) atoms. The Labute approximate surface area is 89.7 Å². The van der Waals surface area contributed by atoms with E-state index in [0.717, 1.165) is 6.42 Å². The van der Waals surface area contributed by atoms with Crippen LogP contribution in [-0.4, -0.2) is 28.0 Å². The van der Waals surface area contributed by atoms with E-state index in [4.69, 9.17) is 5.73 Å². The summed E-state index contributed by atoms with van der Waals surface area (Å²) in [6.07, 6.45) is 6.55. The molecule has 0 fully saturated rings. The van der Waals surface area contributed by atoms with E-state index in [9.17, 15) is 4.79 Å². The zero-order valence-corrected chi connectivity index (χ0v) is 9.02. The average Bonchev–Trinajstić information content (AvgIpc) is 2.66. The van der Waals surface area contributed by atoms with Crippen LogP contribution in [0.1, 0.15) is 19.8 Å². The number of aromatic nitrogens is 2. The van der Waals surface area contributed by atoms with Gasteiger partial charge in [0.25, 0.3) is 0 Å². The van der Waals surface area contributed by atoms with Gasteiger partial charge in [0.05, 0.1) is 6.33 Å². The van der Waals surface area contributed by atoms with Crippen molar-refractivity contribution in [2.45, 2.75) is 32.4 Å². The van der Waals surface area contributed by atoms with Crippen molar-refractivity contribution >= 4 is 5.91 Å². The normalized spacial score (nSPS) is 12.4. The highest BCUT2D eigenvalue weighted by Gasteiger charge is 2.01. The first kappa shape index (κ1) is 11.7. The molecule has 1 rings (SSSR count). The van der Waals surface area contributed by atoms with E-state index in [0.29, 0.717) is 19.5 Å². The highest BCUT2D eigenvalue weighted by Crippen LogP contribution is 1.91. The summed E-state index contributed by atoms with van der Waals surface area (Å²) in [5.74, 6) is 0.0596. The molecule has 0 aromatic carbocycles. The first-order valence-corrected chi connectivity index (χ1v) is 5.16. The van der Waals surface area contributed by atoms with Crippen LogP contribution in [0.2, 0.25) is 0 Å². The van der Waals surface area contributed by atoms with Gasteiger partial charge in [-0.25, -0.2) is 4.98 Å². The maximum absolute atomic E-state index is 11.3. The second-order valence-electron chi connectivity index (χ2n) is 3.67. The minimum absolute atomic E-state index is 0.0596.